The predicted octanol–water partition coefficient (Wildman–Crippen LogP) is 3.26. The minimum atomic E-state index is -0.341. The maximum absolute atomic E-state index is 12.9. The molecule has 2 aliphatic heterocycles. The zero-order valence-corrected chi connectivity index (χ0v) is 19.5. The fraction of sp³-hybridized carbons (Fsp3) is 0.360. The van der Waals surface area contributed by atoms with E-state index in [1.54, 1.807) is 54.3 Å². The second-order valence-corrected chi connectivity index (χ2v) is 8.61. The first kappa shape index (κ1) is 22.9. The minimum Gasteiger partial charge on any atom is -0.488 e. The lowest BCUT2D eigenvalue weighted by Crippen LogP contribution is -2.28. The van der Waals surface area contributed by atoms with Crippen molar-refractivity contribution in [2.75, 3.05) is 31.6 Å². The molecule has 5 rings (SSSR count). The summed E-state index contributed by atoms with van der Waals surface area (Å²) in [5.41, 5.74) is 0.740. The summed E-state index contributed by atoms with van der Waals surface area (Å²) in [5, 5.41) is 6.97. The van der Waals surface area contributed by atoms with Crippen LogP contribution in [0.4, 0.5) is 5.82 Å². The molecule has 2 saturated heterocycles. The number of rotatable bonds is 7. The highest BCUT2D eigenvalue weighted by Crippen LogP contribution is 2.29. The molecule has 0 radical (unpaired) electrons. The van der Waals surface area contributed by atoms with E-state index in [1.807, 2.05) is 4.90 Å². The van der Waals surface area contributed by atoms with Gasteiger partial charge in [0.15, 0.2) is 5.82 Å². The number of hydrogen-bond acceptors (Lipinski definition) is 7. The number of aryl methyl sites for hydroxylation is 1. The highest BCUT2D eigenvalue weighted by molar-refractivity contribution is 6.04. The monoisotopic (exact) mass is 477 g/mol. The van der Waals surface area contributed by atoms with Crippen LogP contribution in [-0.4, -0.2) is 63.9 Å². The van der Waals surface area contributed by atoms with Crippen LogP contribution in [0.1, 0.15) is 40.1 Å². The van der Waals surface area contributed by atoms with Crippen LogP contribution < -0.4 is 14.8 Å². The van der Waals surface area contributed by atoms with Gasteiger partial charge in [0, 0.05) is 50.5 Å². The number of nitrogens with one attached hydrogen (secondary N) is 1. The summed E-state index contributed by atoms with van der Waals surface area (Å²) in [4.78, 5) is 31.5. The first-order valence-electron chi connectivity index (χ1n) is 11.7. The van der Waals surface area contributed by atoms with E-state index in [9.17, 15) is 9.59 Å². The van der Waals surface area contributed by atoms with Gasteiger partial charge in [-0.15, -0.1) is 0 Å². The van der Waals surface area contributed by atoms with Crippen molar-refractivity contribution in [2.24, 2.45) is 7.05 Å². The highest BCUT2D eigenvalue weighted by Gasteiger charge is 2.21. The van der Waals surface area contributed by atoms with Crippen LogP contribution in [0.15, 0.2) is 48.8 Å². The average Bonchev–Trinajstić information content (AvgIpc) is 3.63. The Kier molecular flexibility index (Phi) is 6.62. The molecule has 0 unspecified atom stereocenters. The molecule has 10 nitrogen and oxygen atoms in total. The van der Waals surface area contributed by atoms with Crippen LogP contribution in [0, 0.1) is 0 Å². The van der Waals surface area contributed by atoms with Crippen LogP contribution >= 0.6 is 0 Å². The van der Waals surface area contributed by atoms with Gasteiger partial charge in [0.2, 0.25) is 0 Å². The number of pyridine rings is 1. The second kappa shape index (κ2) is 10.1. The largest absolute Gasteiger partial charge is 0.488 e. The Labute approximate surface area is 202 Å². The van der Waals surface area contributed by atoms with Crippen molar-refractivity contribution in [2.45, 2.75) is 25.4 Å². The van der Waals surface area contributed by atoms with Gasteiger partial charge in [0.05, 0.1) is 19.4 Å². The molecule has 35 heavy (non-hydrogen) atoms. The molecule has 0 saturated carbocycles. The number of nitrogens with zero attached hydrogens (tertiary/aromatic N) is 4. The van der Waals surface area contributed by atoms with Crippen molar-refractivity contribution in [3.8, 4) is 17.2 Å². The molecule has 2 fully saturated rings. The number of ether oxygens (including phenoxy) is 3. The van der Waals surface area contributed by atoms with Gasteiger partial charge in [-0.2, -0.15) is 5.10 Å². The van der Waals surface area contributed by atoms with E-state index in [0.29, 0.717) is 47.5 Å². The summed E-state index contributed by atoms with van der Waals surface area (Å²) in [6.45, 7) is 2.67. The van der Waals surface area contributed by atoms with Gasteiger partial charge < -0.3 is 24.4 Å². The molecule has 10 heteroatoms. The molecule has 1 aromatic carbocycles. The van der Waals surface area contributed by atoms with Gasteiger partial charge in [0.25, 0.3) is 11.8 Å². The first-order valence-corrected chi connectivity index (χ1v) is 11.7. The average molecular weight is 478 g/mol. The van der Waals surface area contributed by atoms with E-state index < -0.39 is 0 Å². The van der Waals surface area contributed by atoms with E-state index in [0.717, 1.165) is 32.4 Å². The second-order valence-electron chi connectivity index (χ2n) is 8.61. The van der Waals surface area contributed by atoms with Crippen molar-refractivity contribution in [1.82, 2.24) is 19.7 Å². The first-order chi connectivity index (χ1) is 17.0. The summed E-state index contributed by atoms with van der Waals surface area (Å²) in [6, 6.07) is 10.1. The molecule has 182 valence electrons. The Hall–Kier alpha value is -3.92. The summed E-state index contributed by atoms with van der Waals surface area (Å²) in [7, 11) is 1.78. The predicted molar refractivity (Wildman–Crippen MR) is 127 cm³/mol. The number of anilines is 1. The number of aromatic nitrogens is 3. The van der Waals surface area contributed by atoms with Crippen molar-refractivity contribution in [3.05, 3.63) is 60.0 Å². The Morgan fingerprint density at radius 1 is 1.09 bits per heavy atom. The van der Waals surface area contributed by atoms with E-state index >= 15 is 0 Å². The van der Waals surface area contributed by atoms with E-state index in [4.69, 9.17) is 14.2 Å². The molecular weight excluding hydrogens is 450 g/mol. The van der Waals surface area contributed by atoms with E-state index in [1.165, 1.54) is 6.20 Å². The maximum Gasteiger partial charge on any atom is 0.272 e. The highest BCUT2D eigenvalue weighted by atomic mass is 16.5. The minimum absolute atomic E-state index is 0.0725. The van der Waals surface area contributed by atoms with Gasteiger partial charge in [0.1, 0.15) is 29.0 Å². The lowest BCUT2D eigenvalue weighted by atomic mass is 10.1. The number of carbonyl (C=O) groups is 2. The zero-order valence-electron chi connectivity index (χ0n) is 19.5. The third-order valence-electron chi connectivity index (χ3n) is 5.87. The lowest BCUT2D eigenvalue weighted by Gasteiger charge is -2.16. The Bertz CT molecular complexity index is 1200. The summed E-state index contributed by atoms with van der Waals surface area (Å²) < 4.78 is 19.0. The molecular formula is C25H27N5O5. The fourth-order valence-corrected chi connectivity index (χ4v) is 4.08. The van der Waals surface area contributed by atoms with Crippen LogP contribution in [0.25, 0.3) is 0 Å². The van der Waals surface area contributed by atoms with Crippen molar-refractivity contribution >= 4 is 17.6 Å². The molecule has 3 aromatic rings. The normalized spacial score (nSPS) is 17.4. The Morgan fingerprint density at radius 3 is 2.60 bits per heavy atom. The molecule has 2 aliphatic rings. The Balaban J connectivity index is 1.35. The number of likely N-dealkylation sites (tertiary alicyclic amines) is 1. The van der Waals surface area contributed by atoms with Crippen LogP contribution in [-0.2, 0) is 11.8 Å². The zero-order chi connectivity index (χ0) is 24.2. The molecule has 2 aromatic heterocycles. The molecule has 4 heterocycles. The molecule has 0 bridgehead atoms. The van der Waals surface area contributed by atoms with Crippen LogP contribution in [0.5, 0.6) is 17.2 Å². The maximum atomic E-state index is 12.9. The number of carbonyl (C=O) groups excluding carboxylic acids is 2. The van der Waals surface area contributed by atoms with E-state index in [-0.39, 0.29) is 17.9 Å². The van der Waals surface area contributed by atoms with Gasteiger partial charge in [-0.05, 0) is 37.1 Å². The molecule has 1 atom stereocenters. The molecule has 0 spiro atoms. The Morgan fingerprint density at radius 2 is 1.91 bits per heavy atom. The summed E-state index contributed by atoms with van der Waals surface area (Å²) in [5.74, 6) is 1.38. The van der Waals surface area contributed by atoms with Crippen molar-refractivity contribution in [3.63, 3.8) is 0 Å². The number of hydrogen-bond donors (Lipinski definition) is 1. The van der Waals surface area contributed by atoms with E-state index in [2.05, 4.69) is 15.4 Å². The van der Waals surface area contributed by atoms with Gasteiger partial charge >= 0.3 is 0 Å². The lowest BCUT2D eigenvalue weighted by molar-refractivity contribution is 0.0786. The summed E-state index contributed by atoms with van der Waals surface area (Å²) >= 11 is 0. The van der Waals surface area contributed by atoms with Crippen LogP contribution in [0.3, 0.4) is 0 Å². The molecule has 2 amide bonds. The van der Waals surface area contributed by atoms with Crippen molar-refractivity contribution in [1.29, 1.82) is 0 Å². The van der Waals surface area contributed by atoms with Crippen molar-refractivity contribution < 1.29 is 23.8 Å². The number of amides is 2. The molecule has 0 aliphatic carbocycles. The van der Waals surface area contributed by atoms with Gasteiger partial charge in [-0.3, -0.25) is 14.3 Å². The number of benzene rings is 1. The topological polar surface area (TPSA) is 108 Å². The third-order valence-corrected chi connectivity index (χ3v) is 5.87. The summed E-state index contributed by atoms with van der Waals surface area (Å²) in [6.07, 6.45) is 5.99. The van der Waals surface area contributed by atoms with Gasteiger partial charge in [-0.1, -0.05) is 0 Å². The SMILES string of the molecule is Cn1ccc(NC(=O)c2cc(Oc3ccc(C(=O)N4CCCC4)nc3)cc(O[C@H]3CCOC3)c2)n1. The fourth-order valence-electron chi connectivity index (χ4n) is 4.08. The quantitative estimate of drug-likeness (QED) is 0.556. The van der Waals surface area contributed by atoms with Gasteiger partial charge in [-0.25, -0.2) is 4.98 Å². The third kappa shape index (κ3) is 5.60. The molecule has 1 N–H and O–H groups in total. The van der Waals surface area contributed by atoms with Crippen LogP contribution in [0.2, 0.25) is 0 Å². The smallest absolute Gasteiger partial charge is 0.272 e. The standard InChI is InChI=1S/C25H27N5O5/c1-29-10-6-23(28-29)27-24(31)17-12-20(14-21(13-17)35-19-7-11-33-16-19)34-18-4-5-22(26-15-18)25(32)30-8-2-3-9-30/h4-6,10,12-15,19H,2-3,7-9,11,16H2,1H3,(H,27,28,31)/t19-/m0/s1.